The topological polar surface area (TPSA) is 116 Å². The number of carbonyl (C=O) groups excluding carboxylic acids is 3. The fourth-order valence-electron chi connectivity index (χ4n) is 4.66. The van der Waals surface area contributed by atoms with Crippen LogP contribution in [0.2, 0.25) is 0 Å². The predicted octanol–water partition coefficient (Wildman–Crippen LogP) is 3.18. The molecule has 2 saturated heterocycles. The van der Waals surface area contributed by atoms with Gasteiger partial charge in [0.1, 0.15) is 17.7 Å². The Bertz CT molecular complexity index is 976. The van der Waals surface area contributed by atoms with Crippen LogP contribution in [0.5, 0.6) is 0 Å². The van der Waals surface area contributed by atoms with Crippen LogP contribution in [0.15, 0.2) is 30.3 Å². The van der Waals surface area contributed by atoms with E-state index in [1.54, 1.807) is 25.7 Å². The second-order valence-electron chi connectivity index (χ2n) is 10.4. The lowest BCUT2D eigenvalue weighted by molar-refractivity contribution is -0.144. The molecule has 204 valence electrons. The van der Waals surface area contributed by atoms with Gasteiger partial charge in [-0.05, 0) is 57.6 Å². The first kappa shape index (κ1) is 29.2. The van der Waals surface area contributed by atoms with Crippen molar-refractivity contribution in [2.45, 2.75) is 63.1 Å². The number of carbonyl (C=O) groups is 4. The Labute approximate surface area is 227 Å². The monoisotopic (exact) mass is 551 g/mol. The molecule has 2 atom stereocenters. The van der Waals surface area contributed by atoms with Crippen LogP contribution in [-0.2, 0) is 24.5 Å². The Morgan fingerprint density at radius 3 is 2.41 bits per heavy atom. The van der Waals surface area contributed by atoms with E-state index >= 15 is 0 Å². The zero-order valence-corrected chi connectivity index (χ0v) is 23.5. The number of thioether (sulfide) groups is 2. The van der Waals surface area contributed by atoms with E-state index in [0.717, 1.165) is 5.56 Å². The van der Waals surface area contributed by atoms with Gasteiger partial charge in [-0.2, -0.15) is 11.8 Å². The van der Waals surface area contributed by atoms with Crippen molar-refractivity contribution in [3.05, 3.63) is 35.9 Å². The van der Waals surface area contributed by atoms with Crippen molar-refractivity contribution in [2.24, 2.45) is 0 Å². The molecule has 2 fully saturated rings. The molecule has 1 aromatic rings. The van der Waals surface area contributed by atoms with Gasteiger partial charge < -0.3 is 20.1 Å². The van der Waals surface area contributed by atoms with Gasteiger partial charge in [0.15, 0.2) is 0 Å². The van der Waals surface area contributed by atoms with E-state index in [-0.39, 0.29) is 11.8 Å². The summed E-state index contributed by atoms with van der Waals surface area (Å²) >= 11 is 3.04. The molecule has 37 heavy (non-hydrogen) atoms. The Kier molecular flexibility index (Phi) is 9.80. The van der Waals surface area contributed by atoms with Gasteiger partial charge in [-0.1, -0.05) is 30.3 Å². The minimum absolute atomic E-state index is 0.152. The van der Waals surface area contributed by atoms with Crippen molar-refractivity contribution in [2.75, 3.05) is 36.7 Å². The maximum absolute atomic E-state index is 13.6. The number of nitrogens with zero attached hydrogens (tertiary/aromatic N) is 2. The summed E-state index contributed by atoms with van der Waals surface area (Å²) in [4.78, 5) is 54.8. The maximum Gasteiger partial charge on any atom is 0.411 e. The number of amides is 3. The molecule has 2 aliphatic rings. The van der Waals surface area contributed by atoms with Crippen molar-refractivity contribution >= 4 is 47.4 Å². The molecule has 3 rings (SSSR count). The maximum atomic E-state index is 13.6. The van der Waals surface area contributed by atoms with E-state index in [9.17, 15) is 24.3 Å². The highest BCUT2D eigenvalue weighted by Crippen LogP contribution is 2.37. The summed E-state index contributed by atoms with van der Waals surface area (Å²) in [7, 11) is 0. The van der Waals surface area contributed by atoms with Crippen LogP contribution in [0.3, 0.4) is 0 Å². The lowest BCUT2D eigenvalue weighted by Gasteiger charge is -2.42. The molecule has 0 aliphatic carbocycles. The molecule has 1 aromatic carbocycles. The number of carboxylic acid groups (broad SMARTS) is 1. The Morgan fingerprint density at radius 2 is 1.84 bits per heavy atom. The summed E-state index contributed by atoms with van der Waals surface area (Å²) in [5, 5.41) is 12.4. The number of nitrogens with one attached hydrogen (secondary N) is 1. The Balaban J connectivity index is 1.75. The number of carboxylic acids is 1. The summed E-state index contributed by atoms with van der Waals surface area (Å²) in [5.74, 6) is -0.0334. The first-order valence-electron chi connectivity index (χ1n) is 12.4. The number of hydrogen-bond donors (Lipinski definition) is 2. The van der Waals surface area contributed by atoms with Gasteiger partial charge in [-0.3, -0.25) is 14.5 Å². The lowest BCUT2D eigenvalue weighted by atomic mass is 9.71. The van der Waals surface area contributed by atoms with Crippen LogP contribution in [-0.4, -0.2) is 93.2 Å². The van der Waals surface area contributed by atoms with E-state index in [0.29, 0.717) is 49.7 Å². The third-order valence-electron chi connectivity index (χ3n) is 6.70. The van der Waals surface area contributed by atoms with Crippen LogP contribution < -0.4 is 5.32 Å². The van der Waals surface area contributed by atoms with Crippen LogP contribution in [0.25, 0.3) is 0 Å². The van der Waals surface area contributed by atoms with E-state index in [2.05, 4.69) is 5.32 Å². The molecule has 0 radical (unpaired) electrons. The van der Waals surface area contributed by atoms with Crippen molar-refractivity contribution in [3.63, 3.8) is 0 Å². The minimum Gasteiger partial charge on any atom is -0.480 e. The second-order valence-corrected chi connectivity index (χ2v) is 12.4. The van der Waals surface area contributed by atoms with E-state index in [1.807, 2.05) is 36.6 Å². The van der Waals surface area contributed by atoms with Gasteiger partial charge in [-0.15, -0.1) is 11.8 Å². The number of benzene rings is 1. The van der Waals surface area contributed by atoms with Crippen molar-refractivity contribution < 1.29 is 29.0 Å². The summed E-state index contributed by atoms with van der Waals surface area (Å²) in [6, 6.07) is 7.77. The van der Waals surface area contributed by atoms with E-state index in [4.69, 9.17) is 4.74 Å². The zero-order chi connectivity index (χ0) is 27.2. The summed E-state index contributed by atoms with van der Waals surface area (Å²) in [6.45, 7) is 6.03. The van der Waals surface area contributed by atoms with Crippen molar-refractivity contribution in [3.8, 4) is 0 Å². The first-order valence-corrected chi connectivity index (χ1v) is 15.0. The molecule has 0 aromatic heterocycles. The number of rotatable bonds is 8. The van der Waals surface area contributed by atoms with Gasteiger partial charge in [-0.25, -0.2) is 9.59 Å². The number of likely N-dealkylation sites (tertiary alicyclic amines) is 1. The highest BCUT2D eigenvalue weighted by molar-refractivity contribution is 7.99. The van der Waals surface area contributed by atoms with Crippen LogP contribution in [0.4, 0.5) is 4.79 Å². The molecule has 3 amide bonds. The molecule has 0 bridgehead atoms. The molecule has 9 nitrogen and oxygen atoms in total. The minimum atomic E-state index is -1.06. The van der Waals surface area contributed by atoms with Gasteiger partial charge >= 0.3 is 12.1 Å². The average molecular weight is 552 g/mol. The van der Waals surface area contributed by atoms with Gasteiger partial charge in [0.2, 0.25) is 11.8 Å². The van der Waals surface area contributed by atoms with Crippen LogP contribution in [0.1, 0.15) is 45.6 Å². The Hall–Kier alpha value is -2.40. The van der Waals surface area contributed by atoms with E-state index in [1.165, 1.54) is 28.4 Å². The SMILES string of the molecule is CSCC[C@H](NC(=O)C1(c2ccccc2)CCN(C(=O)[C@H]2CSCN2C(=O)OC(C)(C)C)CC1)C(=O)O. The predicted molar refractivity (Wildman–Crippen MR) is 146 cm³/mol. The van der Waals surface area contributed by atoms with Crippen LogP contribution >= 0.6 is 23.5 Å². The lowest BCUT2D eigenvalue weighted by Crippen LogP contribution is -2.58. The third kappa shape index (κ3) is 7.13. The third-order valence-corrected chi connectivity index (χ3v) is 8.36. The quantitative estimate of drug-likeness (QED) is 0.506. The van der Waals surface area contributed by atoms with Crippen molar-refractivity contribution in [1.82, 2.24) is 15.1 Å². The van der Waals surface area contributed by atoms with Gasteiger partial charge in [0, 0.05) is 18.8 Å². The Morgan fingerprint density at radius 1 is 1.19 bits per heavy atom. The first-order chi connectivity index (χ1) is 17.5. The number of piperidine rings is 1. The van der Waals surface area contributed by atoms with Gasteiger partial charge in [0.25, 0.3) is 0 Å². The average Bonchev–Trinajstić information content (AvgIpc) is 3.35. The normalized spacial score (nSPS) is 20.3. The summed E-state index contributed by atoms with van der Waals surface area (Å²) in [6.07, 6.45) is 2.44. The smallest absolute Gasteiger partial charge is 0.411 e. The summed E-state index contributed by atoms with van der Waals surface area (Å²) in [5.41, 5.74) is -0.796. The van der Waals surface area contributed by atoms with Crippen LogP contribution in [0, 0.1) is 0 Å². The molecule has 0 spiro atoms. The molecule has 2 N–H and O–H groups in total. The molecular formula is C26H37N3O6S2. The molecule has 2 heterocycles. The van der Waals surface area contributed by atoms with E-state index < -0.39 is 35.2 Å². The zero-order valence-electron chi connectivity index (χ0n) is 21.9. The number of hydrogen-bond acceptors (Lipinski definition) is 7. The number of ether oxygens (including phenoxy) is 1. The highest BCUT2D eigenvalue weighted by atomic mass is 32.2. The molecular weight excluding hydrogens is 514 g/mol. The standard InChI is InChI=1S/C26H37N3O6S2/c1-25(2,3)35-24(34)29-17-37-16-20(29)21(30)28-13-11-26(12-14-28,18-8-6-5-7-9-18)23(33)27-19(22(31)32)10-15-36-4/h5-9,19-20H,10-17H2,1-4H3,(H,27,33)(H,31,32)/t19-,20+/m0/s1. The van der Waals surface area contributed by atoms with Crippen molar-refractivity contribution in [1.29, 1.82) is 0 Å². The number of aliphatic carboxylic acids is 1. The highest BCUT2D eigenvalue weighted by Gasteiger charge is 2.47. The molecule has 2 aliphatic heterocycles. The summed E-state index contributed by atoms with van der Waals surface area (Å²) < 4.78 is 5.50. The fourth-order valence-corrected chi connectivity index (χ4v) is 6.27. The largest absolute Gasteiger partial charge is 0.480 e. The second kappa shape index (κ2) is 12.4. The van der Waals surface area contributed by atoms with Gasteiger partial charge in [0.05, 0.1) is 11.3 Å². The fraction of sp³-hybridized carbons (Fsp3) is 0.615. The molecule has 0 unspecified atom stereocenters. The molecule has 11 heteroatoms. The molecule has 0 saturated carbocycles.